The fourth-order valence-corrected chi connectivity index (χ4v) is 6.40. The van der Waals surface area contributed by atoms with E-state index < -0.39 is 5.97 Å². The minimum absolute atomic E-state index is 0.0999. The van der Waals surface area contributed by atoms with Crippen LogP contribution in [0.25, 0.3) is 0 Å². The van der Waals surface area contributed by atoms with Gasteiger partial charge >= 0.3 is 5.97 Å². The second-order valence-electron chi connectivity index (χ2n) is 9.18. The van der Waals surface area contributed by atoms with Crippen molar-refractivity contribution < 1.29 is 23.8 Å². The number of hydrogen-bond donors (Lipinski definition) is 1. The monoisotopic (exact) mass is 401 g/mol. The van der Waals surface area contributed by atoms with Gasteiger partial charge in [-0.1, -0.05) is 6.07 Å². The molecule has 0 spiro atoms. The number of amides is 1. The molecule has 29 heavy (non-hydrogen) atoms. The van der Waals surface area contributed by atoms with Gasteiger partial charge in [0.1, 0.15) is 17.1 Å². The van der Waals surface area contributed by atoms with Gasteiger partial charge in [0.05, 0.1) is 14.2 Å². The van der Waals surface area contributed by atoms with E-state index in [1.807, 2.05) is 0 Å². The van der Waals surface area contributed by atoms with Crippen molar-refractivity contribution in [1.82, 2.24) is 5.32 Å². The number of rotatable bonds is 7. The van der Waals surface area contributed by atoms with Gasteiger partial charge in [-0.05, 0) is 80.8 Å². The lowest BCUT2D eigenvalue weighted by atomic mass is 9.48. The SMILES string of the molecule is COc1cccc(OC)c1C(=O)OCC(=O)N[C@H](C)C12CC3CC(CC(C3)C1)C2. The summed E-state index contributed by atoms with van der Waals surface area (Å²) in [5.74, 6) is 2.32. The van der Waals surface area contributed by atoms with Crippen LogP contribution in [-0.2, 0) is 9.53 Å². The first kappa shape index (κ1) is 20.0. The Morgan fingerprint density at radius 3 is 2.03 bits per heavy atom. The maximum atomic E-state index is 12.6. The van der Waals surface area contributed by atoms with E-state index in [-0.39, 0.29) is 29.5 Å². The van der Waals surface area contributed by atoms with Crippen LogP contribution in [0.15, 0.2) is 18.2 Å². The molecule has 4 saturated carbocycles. The van der Waals surface area contributed by atoms with E-state index in [1.165, 1.54) is 52.7 Å². The third-order valence-electron chi connectivity index (χ3n) is 7.35. The summed E-state index contributed by atoms with van der Waals surface area (Å²) in [6, 6.07) is 5.15. The average molecular weight is 402 g/mol. The summed E-state index contributed by atoms with van der Waals surface area (Å²) in [7, 11) is 2.96. The van der Waals surface area contributed by atoms with Crippen LogP contribution in [0, 0.1) is 23.2 Å². The number of benzene rings is 1. The molecule has 0 unspecified atom stereocenters. The molecule has 6 heteroatoms. The highest BCUT2D eigenvalue weighted by molar-refractivity contribution is 5.96. The first-order valence-electron chi connectivity index (χ1n) is 10.6. The number of ether oxygens (including phenoxy) is 3. The number of carbonyl (C=O) groups is 2. The van der Waals surface area contributed by atoms with Crippen LogP contribution in [0.5, 0.6) is 11.5 Å². The Labute approximate surface area is 172 Å². The third-order valence-corrected chi connectivity index (χ3v) is 7.35. The molecule has 5 rings (SSSR count). The quantitative estimate of drug-likeness (QED) is 0.707. The van der Waals surface area contributed by atoms with Crippen LogP contribution in [-0.4, -0.2) is 38.7 Å². The zero-order chi connectivity index (χ0) is 20.6. The second-order valence-corrected chi connectivity index (χ2v) is 9.18. The molecular formula is C23H31NO5. The molecular weight excluding hydrogens is 370 g/mol. The molecule has 1 atom stereocenters. The molecule has 1 aromatic carbocycles. The van der Waals surface area contributed by atoms with E-state index in [0.29, 0.717) is 11.5 Å². The van der Waals surface area contributed by atoms with Crippen molar-refractivity contribution in [2.75, 3.05) is 20.8 Å². The maximum absolute atomic E-state index is 12.6. The molecule has 0 aliphatic heterocycles. The van der Waals surface area contributed by atoms with Crippen molar-refractivity contribution in [3.63, 3.8) is 0 Å². The van der Waals surface area contributed by atoms with Gasteiger partial charge in [-0.25, -0.2) is 4.79 Å². The predicted octanol–water partition coefficient (Wildman–Crippen LogP) is 3.58. The van der Waals surface area contributed by atoms with E-state index in [0.717, 1.165) is 17.8 Å². The zero-order valence-corrected chi connectivity index (χ0v) is 17.5. The summed E-state index contributed by atoms with van der Waals surface area (Å²) < 4.78 is 15.8. The number of esters is 1. The van der Waals surface area contributed by atoms with Gasteiger partial charge < -0.3 is 19.5 Å². The number of methoxy groups -OCH3 is 2. The lowest BCUT2D eigenvalue weighted by Gasteiger charge is -2.59. The summed E-state index contributed by atoms with van der Waals surface area (Å²) in [6.07, 6.45) is 7.78. The summed E-state index contributed by atoms with van der Waals surface area (Å²) in [4.78, 5) is 25.1. The topological polar surface area (TPSA) is 73.9 Å². The third kappa shape index (κ3) is 3.81. The Morgan fingerprint density at radius 1 is 1.03 bits per heavy atom. The summed E-state index contributed by atoms with van der Waals surface area (Å²) >= 11 is 0. The summed E-state index contributed by atoms with van der Waals surface area (Å²) in [5.41, 5.74) is 0.416. The number of nitrogens with one attached hydrogen (secondary N) is 1. The van der Waals surface area contributed by atoms with E-state index in [2.05, 4.69) is 12.2 Å². The van der Waals surface area contributed by atoms with Crippen LogP contribution in [0.2, 0.25) is 0 Å². The Hall–Kier alpha value is -2.24. The van der Waals surface area contributed by atoms with Crippen LogP contribution in [0.3, 0.4) is 0 Å². The van der Waals surface area contributed by atoms with Gasteiger partial charge in [0.2, 0.25) is 0 Å². The van der Waals surface area contributed by atoms with Crippen LogP contribution in [0.4, 0.5) is 0 Å². The van der Waals surface area contributed by atoms with Crippen molar-refractivity contribution >= 4 is 11.9 Å². The van der Waals surface area contributed by atoms with Gasteiger partial charge in [-0.2, -0.15) is 0 Å². The van der Waals surface area contributed by atoms with Crippen molar-refractivity contribution in [3.8, 4) is 11.5 Å². The highest BCUT2D eigenvalue weighted by Gasteiger charge is 2.53. The van der Waals surface area contributed by atoms with Gasteiger partial charge in [-0.15, -0.1) is 0 Å². The van der Waals surface area contributed by atoms with Crippen LogP contribution < -0.4 is 14.8 Å². The second kappa shape index (κ2) is 7.88. The van der Waals surface area contributed by atoms with Gasteiger partial charge in [0.15, 0.2) is 6.61 Å². The smallest absolute Gasteiger partial charge is 0.346 e. The number of hydrogen-bond acceptors (Lipinski definition) is 5. The Balaban J connectivity index is 1.36. The molecule has 4 aliphatic carbocycles. The molecule has 0 radical (unpaired) electrons. The fraction of sp³-hybridized carbons (Fsp3) is 0.652. The minimum Gasteiger partial charge on any atom is -0.496 e. The molecule has 4 aliphatic rings. The van der Waals surface area contributed by atoms with Crippen molar-refractivity contribution in [1.29, 1.82) is 0 Å². The Morgan fingerprint density at radius 2 is 1.55 bits per heavy atom. The molecule has 1 N–H and O–H groups in total. The van der Waals surface area contributed by atoms with E-state index in [9.17, 15) is 9.59 Å². The summed E-state index contributed by atoms with van der Waals surface area (Å²) in [5, 5.41) is 3.12. The molecule has 1 amide bonds. The molecule has 0 saturated heterocycles. The number of carbonyl (C=O) groups excluding carboxylic acids is 2. The van der Waals surface area contributed by atoms with Gasteiger partial charge in [0, 0.05) is 6.04 Å². The van der Waals surface area contributed by atoms with Gasteiger partial charge in [0.25, 0.3) is 5.91 Å². The Kier molecular flexibility index (Phi) is 5.45. The van der Waals surface area contributed by atoms with Crippen molar-refractivity contribution in [2.45, 2.75) is 51.5 Å². The molecule has 0 heterocycles. The minimum atomic E-state index is -0.628. The lowest BCUT2D eigenvalue weighted by Crippen LogP contribution is -2.56. The average Bonchev–Trinajstić information content (AvgIpc) is 2.70. The molecule has 4 bridgehead atoms. The molecule has 0 aromatic heterocycles. The standard InChI is InChI=1S/C23H31NO5/c1-14(23-10-15-7-16(11-23)9-17(8-15)12-23)24-20(25)13-29-22(26)21-18(27-2)5-4-6-19(21)28-3/h4-6,14-17H,7-13H2,1-3H3,(H,24,25)/t14-,15?,16?,17?,23?/m1/s1. The first-order chi connectivity index (χ1) is 13.9. The van der Waals surface area contributed by atoms with E-state index in [1.54, 1.807) is 18.2 Å². The van der Waals surface area contributed by atoms with E-state index >= 15 is 0 Å². The lowest BCUT2D eigenvalue weighted by molar-refractivity contribution is -0.128. The maximum Gasteiger partial charge on any atom is 0.346 e. The fourth-order valence-electron chi connectivity index (χ4n) is 6.40. The Bertz CT molecular complexity index is 732. The van der Waals surface area contributed by atoms with E-state index in [4.69, 9.17) is 14.2 Å². The zero-order valence-electron chi connectivity index (χ0n) is 17.5. The molecule has 1 aromatic rings. The first-order valence-corrected chi connectivity index (χ1v) is 10.6. The molecule has 6 nitrogen and oxygen atoms in total. The molecule has 158 valence electrons. The van der Waals surface area contributed by atoms with Crippen molar-refractivity contribution in [2.24, 2.45) is 23.2 Å². The normalized spacial score (nSPS) is 30.5. The predicted molar refractivity (Wildman–Crippen MR) is 108 cm³/mol. The van der Waals surface area contributed by atoms with Crippen LogP contribution >= 0.6 is 0 Å². The van der Waals surface area contributed by atoms with Gasteiger partial charge in [-0.3, -0.25) is 4.79 Å². The largest absolute Gasteiger partial charge is 0.496 e. The summed E-state index contributed by atoms with van der Waals surface area (Å²) in [6.45, 7) is 1.81. The highest BCUT2D eigenvalue weighted by atomic mass is 16.5. The highest BCUT2D eigenvalue weighted by Crippen LogP contribution is 2.61. The van der Waals surface area contributed by atoms with Crippen LogP contribution in [0.1, 0.15) is 55.8 Å². The molecule has 4 fully saturated rings. The van der Waals surface area contributed by atoms with Crippen molar-refractivity contribution in [3.05, 3.63) is 23.8 Å².